The van der Waals surface area contributed by atoms with Crippen LogP contribution in [0.5, 0.6) is 0 Å². The summed E-state index contributed by atoms with van der Waals surface area (Å²) in [5.41, 5.74) is 1.05. The summed E-state index contributed by atoms with van der Waals surface area (Å²) in [4.78, 5) is 25.1. The third-order valence-corrected chi connectivity index (χ3v) is 4.04. The molecular formula is C17H27N5O. The molecule has 1 N–H and O–H groups in total. The highest BCUT2D eigenvalue weighted by Crippen LogP contribution is 2.10. The van der Waals surface area contributed by atoms with Gasteiger partial charge in [0.1, 0.15) is 0 Å². The first-order chi connectivity index (χ1) is 11.1. The number of piperazine rings is 1. The van der Waals surface area contributed by atoms with Crippen molar-refractivity contribution in [3.8, 4) is 0 Å². The molecule has 1 aromatic heterocycles. The maximum Gasteiger partial charge on any atom is 0.225 e. The van der Waals surface area contributed by atoms with Crippen LogP contribution in [0.3, 0.4) is 0 Å². The first kappa shape index (κ1) is 17.4. The van der Waals surface area contributed by atoms with Crippen molar-refractivity contribution in [2.75, 3.05) is 44.2 Å². The van der Waals surface area contributed by atoms with Crippen LogP contribution in [0.25, 0.3) is 0 Å². The van der Waals surface area contributed by atoms with Crippen LogP contribution in [0.15, 0.2) is 30.6 Å². The lowest BCUT2D eigenvalue weighted by Gasteiger charge is -2.34. The van der Waals surface area contributed by atoms with Gasteiger partial charge < -0.3 is 10.2 Å². The third-order valence-electron chi connectivity index (χ3n) is 4.04. The van der Waals surface area contributed by atoms with Crippen molar-refractivity contribution >= 4 is 11.9 Å². The molecule has 1 fully saturated rings. The molecule has 1 saturated heterocycles. The lowest BCUT2D eigenvalue weighted by atomic mass is 10.0. The van der Waals surface area contributed by atoms with Crippen LogP contribution >= 0.6 is 0 Å². The number of carbonyl (C=O) groups is 1. The SMILES string of the molecule is C=C(C)C[C@@H](C)C(=O)NCCN1CCN(c2ncccn2)CC1. The number of hydrogen-bond acceptors (Lipinski definition) is 5. The van der Waals surface area contributed by atoms with Crippen molar-refractivity contribution in [3.63, 3.8) is 0 Å². The maximum atomic E-state index is 12.0. The zero-order valence-electron chi connectivity index (χ0n) is 14.2. The number of hydrogen-bond donors (Lipinski definition) is 1. The van der Waals surface area contributed by atoms with Crippen molar-refractivity contribution in [2.24, 2.45) is 5.92 Å². The topological polar surface area (TPSA) is 61.4 Å². The number of aromatic nitrogens is 2. The van der Waals surface area contributed by atoms with Crippen LogP contribution < -0.4 is 10.2 Å². The molecule has 2 heterocycles. The van der Waals surface area contributed by atoms with Gasteiger partial charge in [0, 0.05) is 57.6 Å². The predicted octanol–water partition coefficient (Wildman–Crippen LogP) is 1.32. The molecule has 0 aromatic carbocycles. The summed E-state index contributed by atoms with van der Waals surface area (Å²) < 4.78 is 0. The molecule has 0 radical (unpaired) electrons. The predicted molar refractivity (Wildman–Crippen MR) is 92.3 cm³/mol. The molecule has 1 aromatic rings. The molecule has 6 nitrogen and oxygen atoms in total. The Labute approximate surface area is 138 Å². The summed E-state index contributed by atoms with van der Waals surface area (Å²) in [5, 5.41) is 3.02. The fourth-order valence-electron chi connectivity index (χ4n) is 2.75. The van der Waals surface area contributed by atoms with Crippen LogP contribution in [0, 0.1) is 5.92 Å². The lowest BCUT2D eigenvalue weighted by molar-refractivity contribution is -0.124. The Hall–Kier alpha value is -1.95. The summed E-state index contributed by atoms with van der Waals surface area (Å²) in [7, 11) is 0. The second kappa shape index (κ2) is 8.62. The zero-order valence-corrected chi connectivity index (χ0v) is 14.2. The Kier molecular flexibility index (Phi) is 6.52. The van der Waals surface area contributed by atoms with Crippen molar-refractivity contribution in [2.45, 2.75) is 20.3 Å². The van der Waals surface area contributed by atoms with Gasteiger partial charge in [0.2, 0.25) is 11.9 Å². The Morgan fingerprint density at radius 3 is 2.57 bits per heavy atom. The molecule has 6 heteroatoms. The summed E-state index contributed by atoms with van der Waals surface area (Å²) >= 11 is 0. The molecular weight excluding hydrogens is 290 g/mol. The number of nitrogens with one attached hydrogen (secondary N) is 1. The van der Waals surface area contributed by atoms with E-state index in [0.717, 1.165) is 50.7 Å². The number of rotatable bonds is 7. The zero-order chi connectivity index (χ0) is 16.7. The average Bonchev–Trinajstić information content (AvgIpc) is 2.55. The number of allylic oxidation sites excluding steroid dienone is 1. The number of anilines is 1. The van der Waals surface area contributed by atoms with Gasteiger partial charge in [0.05, 0.1) is 0 Å². The summed E-state index contributed by atoms with van der Waals surface area (Å²) in [6, 6.07) is 1.83. The van der Waals surface area contributed by atoms with Gasteiger partial charge in [-0.2, -0.15) is 0 Å². The minimum atomic E-state index is -0.000392. The monoisotopic (exact) mass is 317 g/mol. The fraction of sp³-hybridized carbons (Fsp3) is 0.588. The molecule has 0 saturated carbocycles. The van der Waals surface area contributed by atoms with E-state index in [0.29, 0.717) is 6.54 Å². The Balaban J connectivity index is 1.65. The van der Waals surface area contributed by atoms with Crippen molar-refractivity contribution in [3.05, 3.63) is 30.6 Å². The highest BCUT2D eigenvalue weighted by atomic mass is 16.1. The number of carbonyl (C=O) groups excluding carboxylic acids is 1. The molecule has 0 spiro atoms. The Bertz CT molecular complexity index is 511. The van der Waals surface area contributed by atoms with E-state index in [9.17, 15) is 4.79 Å². The summed E-state index contributed by atoms with van der Waals surface area (Å²) in [5.74, 6) is 0.915. The van der Waals surface area contributed by atoms with Gasteiger partial charge in [-0.3, -0.25) is 9.69 Å². The van der Waals surface area contributed by atoms with Gasteiger partial charge in [-0.1, -0.05) is 12.5 Å². The van der Waals surface area contributed by atoms with Gasteiger partial charge in [0.15, 0.2) is 0 Å². The van der Waals surface area contributed by atoms with Gasteiger partial charge in [-0.25, -0.2) is 9.97 Å². The minimum absolute atomic E-state index is 0.000392. The second-order valence-corrected chi connectivity index (χ2v) is 6.23. The molecule has 0 unspecified atom stereocenters. The van der Waals surface area contributed by atoms with E-state index in [-0.39, 0.29) is 11.8 Å². The average molecular weight is 317 g/mol. The van der Waals surface area contributed by atoms with Gasteiger partial charge in [-0.15, -0.1) is 6.58 Å². The third kappa shape index (κ3) is 5.63. The smallest absolute Gasteiger partial charge is 0.225 e. The van der Waals surface area contributed by atoms with E-state index in [1.165, 1.54) is 0 Å². The number of amides is 1. The van der Waals surface area contributed by atoms with Gasteiger partial charge >= 0.3 is 0 Å². The van der Waals surface area contributed by atoms with Crippen LogP contribution in [0.4, 0.5) is 5.95 Å². The largest absolute Gasteiger partial charge is 0.355 e. The van der Waals surface area contributed by atoms with Crippen LogP contribution in [-0.4, -0.2) is 60.0 Å². The van der Waals surface area contributed by atoms with Crippen LogP contribution in [0.2, 0.25) is 0 Å². The molecule has 126 valence electrons. The standard InChI is InChI=1S/C17H27N5O/c1-14(2)13-15(3)16(23)18-7-8-21-9-11-22(12-10-21)17-19-5-4-6-20-17/h4-6,15H,1,7-13H2,2-3H3,(H,18,23)/t15-/m1/s1. The molecule has 2 rings (SSSR count). The van der Waals surface area contributed by atoms with Crippen LogP contribution in [-0.2, 0) is 4.79 Å². The molecule has 1 aliphatic rings. The Morgan fingerprint density at radius 2 is 1.96 bits per heavy atom. The van der Waals surface area contributed by atoms with Gasteiger partial charge in [0.25, 0.3) is 0 Å². The van der Waals surface area contributed by atoms with E-state index in [1.807, 2.05) is 19.9 Å². The molecule has 0 bridgehead atoms. The van der Waals surface area contributed by atoms with Crippen molar-refractivity contribution in [1.82, 2.24) is 20.2 Å². The Morgan fingerprint density at radius 1 is 1.30 bits per heavy atom. The fourth-order valence-corrected chi connectivity index (χ4v) is 2.75. The van der Waals surface area contributed by atoms with E-state index in [1.54, 1.807) is 12.4 Å². The molecule has 1 atom stereocenters. The summed E-state index contributed by atoms with van der Waals surface area (Å²) in [6.07, 6.45) is 4.30. The van der Waals surface area contributed by atoms with Crippen molar-refractivity contribution in [1.29, 1.82) is 0 Å². The van der Waals surface area contributed by atoms with Crippen LogP contribution in [0.1, 0.15) is 20.3 Å². The normalized spacial score (nSPS) is 16.9. The van der Waals surface area contributed by atoms with E-state index < -0.39 is 0 Å². The minimum Gasteiger partial charge on any atom is -0.355 e. The molecule has 1 aliphatic heterocycles. The maximum absolute atomic E-state index is 12.0. The lowest BCUT2D eigenvalue weighted by Crippen LogP contribution is -2.49. The quantitative estimate of drug-likeness (QED) is 0.769. The summed E-state index contributed by atoms with van der Waals surface area (Å²) in [6.45, 7) is 13.1. The second-order valence-electron chi connectivity index (χ2n) is 6.23. The molecule has 0 aliphatic carbocycles. The molecule has 1 amide bonds. The van der Waals surface area contributed by atoms with E-state index >= 15 is 0 Å². The first-order valence-electron chi connectivity index (χ1n) is 8.22. The highest BCUT2D eigenvalue weighted by molar-refractivity contribution is 5.78. The number of nitrogens with zero attached hydrogens (tertiary/aromatic N) is 4. The first-order valence-corrected chi connectivity index (χ1v) is 8.22. The van der Waals surface area contributed by atoms with E-state index in [4.69, 9.17) is 0 Å². The van der Waals surface area contributed by atoms with Gasteiger partial charge in [-0.05, 0) is 19.4 Å². The van der Waals surface area contributed by atoms with Crippen molar-refractivity contribution < 1.29 is 4.79 Å². The highest BCUT2D eigenvalue weighted by Gasteiger charge is 2.19. The van der Waals surface area contributed by atoms with E-state index in [2.05, 4.69) is 31.7 Å². The molecule has 23 heavy (non-hydrogen) atoms.